The first-order valence-corrected chi connectivity index (χ1v) is 10.7. The van der Waals surface area contributed by atoms with E-state index in [0.29, 0.717) is 0 Å². The van der Waals surface area contributed by atoms with E-state index in [1.807, 2.05) is 26.0 Å². The summed E-state index contributed by atoms with van der Waals surface area (Å²) < 4.78 is 0. The molecule has 1 aliphatic heterocycles. The molecule has 1 aliphatic rings. The molecular formula is C22H29N3OS. The van der Waals surface area contributed by atoms with E-state index in [0.717, 1.165) is 48.6 Å². The third-order valence-corrected chi connectivity index (χ3v) is 6.00. The van der Waals surface area contributed by atoms with Gasteiger partial charge in [0.25, 0.3) is 5.91 Å². The summed E-state index contributed by atoms with van der Waals surface area (Å²) in [4.78, 5) is 18.9. The zero-order chi connectivity index (χ0) is 19.4. The molecule has 1 fully saturated rings. The smallest absolute Gasteiger partial charge is 0.252 e. The van der Waals surface area contributed by atoms with E-state index >= 15 is 0 Å². The summed E-state index contributed by atoms with van der Waals surface area (Å²) in [5, 5.41) is 3.17. The van der Waals surface area contributed by atoms with E-state index in [-0.39, 0.29) is 11.9 Å². The minimum atomic E-state index is -0.0312. The van der Waals surface area contributed by atoms with Crippen molar-refractivity contribution in [3.8, 4) is 0 Å². The topological polar surface area (TPSA) is 35.6 Å². The third-order valence-electron chi connectivity index (χ3n) is 5.28. The third kappa shape index (κ3) is 4.85. The second-order valence-corrected chi connectivity index (χ2v) is 8.14. The lowest BCUT2D eigenvalue weighted by Gasteiger charge is -2.34. The number of hydrogen-bond donors (Lipinski definition) is 1. The number of carbonyl (C=O) groups excluding carboxylic acids is 1. The number of nitrogens with one attached hydrogen (secondary N) is 1. The Balaban J connectivity index is 1.74. The highest BCUT2D eigenvalue weighted by molar-refractivity contribution is 7.98. The zero-order valence-electron chi connectivity index (χ0n) is 16.7. The normalized spacial score (nSPS) is 16.2. The summed E-state index contributed by atoms with van der Waals surface area (Å²) in [7, 11) is 2.15. The Hall–Kier alpha value is -1.98. The molecule has 1 heterocycles. The molecule has 0 bridgehead atoms. The van der Waals surface area contributed by atoms with E-state index in [4.69, 9.17) is 0 Å². The number of likely N-dealkylation sites (N-methyl/N-ethyl adjacent to an activating group) is 1. The lowest BCUT2D eigenvalue weighted by molar-refractivity contribution is 0.0939. The van der Waals surface area contributed by atoms with Crippen LogP contribution in [0.2, 0.25) is 0 Å². The molecular weight excluding hydrogens is 354 g/mol. The maximum atomic E-state index is 12.9. The predicted octanol–water partition coefficient (Wildman–Crippen LogP) is 3.96. The SMILES string of the molecule is CSc1cccc(C(C)NC(=O)c2cc(N3CCN(C)CC3)ccc2C)c1. The first-order chi connectivity index (χ1) is 13.0. The number of aryl methyl sites for hydroxylation is 1. The van der Waals surface area contributed by atoms with Crippen molar-refractivity contribution >= 4 is 23.4 Å². The molecule has 144 valence electrons. The minimum absolute atomic E-state index is 0.00877. The van der Waals surface area contributed by atoms with E-state index in [9.17, 15) is 4.79 Å². The minimum Gasteiger partial charge on any atom is -0.369 e. The van der Waals surface area contributed by atoms with Gasteiger partial charge in [-0.15, -0.1) is 11.8 Å². The van der Waals surface area contributed by atoms with Crippen LogP contribution in [0, 0.1) is 6.92 Å². The van der Waals surface area contributed by atoms with Gasteiger partial charge in [-0.2, -0.15) is 0 Å². The second-order valence-electron chi connectivity index (χ2n) is 7.26. The number of benzene rings is 2. The van der Waals surface area contributed by atoms with Gasteiger partial charge in [-0.3, -0.25) is 4.79 Å². The summed E-state index contributed by atoms with van der Waals surface area (Å²) in [5.74, 6) is -0.00877. The van der Waals surface area contributed by atoms with Crippen LogP contribution in [0.3, 0.4) is 0 Å². The van der Waals surface area contributed by atoms with E-state index in [1.54, 1.807) is 11.8 Å². The fourth-order valence-electron chi connectivity index (χ4n) is 3.38. The average Bonchev–Trinajstić information content (AvgIpc) is 2.69. The van der Waals surface area contributed by atoms with Crippen LogP contribution < -0.4 is 10.2 Å². The predicted molar refractivity (Wildman–Crippen MR) is 115 cm³/mol. The number of piperazine rings is 1. The molecule has 5 heteroatoms. The Morgan fingerprint density at radius 3 is 2.56 bits per heavy atom. The van der Waals surface area contributed by atoms with E-state index in [1.165, 1.54) is 4.90 Å². The highest BCUT2D eigenvalue weighted by Gasteiger charge is 2.18. The molecule has 1 N–H and O–H groups in total. The Morgan fingerprint density at radius 1 is 1.11 bits per heavy atom. The van der Waals surface area contributed by atoms with Gasteiger partial charge in [-0.05, 0) is 62.5 Å². The number of carbonyl (C=O) groups is 1. The summed E-state index contributed by atoms with van der Waals surface area (Å²) in [6, 6.07) is 14.5. The van der Waals surface area contributed by atoms with Crippen molar-refractivity contribution < 1.29 is 4.79 Å². The van der Waals surface area contributed by atoms with Gasteiger partial charge in [-0.25, -0.2) is 0 Å². The van der Waals surface area contributed by atoms with Crippen LogP contribution in [0.4, 0.5) is 5.69 Å². The molecule has 4 nitrogen and oxygen atoms in total. The number of hydrogen-bond acceptors (Lipinski definition) is 4. The van der Waals surface area contributed by atoms with Gasteiger partial charge in [0.05, 0.1) is 6.04 Å². The van der Waals surface area contributed by atoms with Crippen molar-refractivity contribution in [3.05, 3.63) is 59.2 Å². The lowest BCUT2D eigenvalue weighted by atomic mass is 10.0. The molecule has 0 spiro atoms. The largest absolute Gasteiger partial charge is 0.369 e. The standard InChI is InChI=1S/C22H29N3OS/c1-16-8-9-19(25-12-10-24(3)11-13-25)15-21(16)22(26)23-17(2)18-6-5-7-20(14-18)27-4/h5-9,14-15,17H,10-13H2,1-4H3,(H,23,26). The Morgan fingerprint density at radius 2 is 1.85 bits per heavy atom. The molecule has 2 aromatic rings. The number of anilines is 1. The monoisotopic (exact) mass is 383 g/mol. The molecule has 0 aliphatic carbocycles. The van der Waals surface area contributed by atoms with Crippen LogP contribution >= 0.6 is 11.8 Å². The molecule has 2 aromatic carbocycles. The number of thioether (sulfide) groups is 1. The first kappa shape index (κ1) is 19.8. The molecule has 1 amide bonds. The molecule has 27 heavy (non-hydrogen) atoms. The van der Waals surface area contributed by atoms with Gasteiger partial charge in [-0.1, -0.05) is 18.2 Å². The molecule has 3 rings (SSSR count). The van der Waals surface area contributed by atoms with Crippen molar-refractivity contribution in [1.29, 1.82) is 0 Å². The maximum absolute atomic E-state index is 12.9. The van der Waals surface area contributed by atoms with Crippen LogP contribution in [0.25, 0.3) is 0 Å². The molecule has 1 saturated heterocycles. The Labute approximate surface area is 166 Å². The molecule has 0 radical (unpaired) electrons. The van der Waals surface area contributed by atoms with Crippen molar-refractivity contribution in [2.75, 3.05) is 44.4 Å². The van der Waals surface area contributed by atoms with E-state index in [2.05, 4.69) is 58.8 Å². The average molecular weight is 384 g/mol. The van der Waals surface area contributed by atoms with Crippen LogP contribution in [-0.4, -0.2) is 50.3 Å². The van der Waals surface area contributed by atoms with Gasteiger partial charge in [0, 0.05) is 42.3 Å². The van der Waals surface area contributed by atoms with Crippen molar-refractivity contribution in [2.24, 2.45) is 0 Å². The van der Waals surface area contributed by atoms with Gasteiger partial charge in [0.2, 0.25) is 0 Å². The Bertz CT molecular complexity index is 800. The van der Waals surface area contributed by atoms with Gasteiger partial charge in [0.1, 0.15) is 0 Å². The van der Waals surface area contributed by atoms with Crippen LogP contribution in [0.15, 0.2) is 47.4 Å². The first-order valence-electron chi connectivity index (χ1n) is 9.47. The van der Waals surface area contributed by atoms with Crippen LogP contribution in [-0.2, 0) is 0 Å². The number of amides is 1. The fourth-order valence-corrected chi connectivity index (χ4v) is 3.85. The summed E-state index contributed by atoms with van der Waals surface area (Å²) in [6.07, 6.45) is 2.07. The highest BCUT2D eigenvalue weighted by atomic mass is 32.2. The summed E-state index contributed by atoms with van der Waals surface area (Å²) >= 11 is 1.71. The van der Waals surface area contributed by atoms with Crippen molar-refractivity contribution in [2.45, 2.75) is 24.8 Å². The summed E-state index contributed by atoms with van der Waals surface area (Å²) in [5.41, 5.74) is 4.04. The Kier molecular flexibility index (Phi) is 6.45. The quantitative estimate of drug-likeness (QED) is 0.793. The van der Waals surface area contributed by atoms with Gasteiger partial charge >= 0.3 is 0 Å². The molecule has 1 unspecified atom stereocenters. The lowest BCUT2D eigenvalue weighted by Crippen LogP contribution is -2.44. The molecule has 1 atom stereocenters. The van der Waals surface area contributed by atoms with Crippen molar-refractivity contribution in [3.63, 3.8) is 0 Å². The van der Waals surface area contributed by atoms with Crippen molar-refractivity contribution in [1.82, 2.24) is 10.2 Å². The number of nitrogens with zero attached hydrogens (tertiary/aromatic N) is 2. The second kappa shape index (κ2) is 8.81. The summed E-state index contributed by atoms with van der Waals surface area (Å²) in [6.45, 7) is 8.14. The van der Waals surface area contributed by atoms with Gasteiger partial charge < -0.3 is 15.1 Å². The van der Waals surface area contributed by atoms with Gasteiger partial charge in [0.15, 0.2) is 0 Å². The van der Waals surface area contributed by atoms with E-state index < -0.39 is 0 Å². The van der Waals surface area contributed by atoms with Crippen LogP contribution in [0.5, 0.6) is 0 Å². The number of rotatable bonds is 5. The molecule has 0 saturated carbocycles. The van der Waals surface area contributed by atoms with Crippen LogP contribution in [0.1, 0.15) is 34.5 Å². The maximum Gasteiger partial charge on any atom is 0.252 e. The highest BCUT2D eigenvalue weighted by Crippen LogP contribution is 2.23. The zero-order valence-corrected chi connectivity index (χ0v) is 17.5. The molecule has 0 aromatic heterocycles. The fraction of sp³-hybridized carbons (Fsp3) is 0.409.